The maximum Gasteiger partial charge on any atom is 0.264 e. The third-order valence-electron chi connectivity index (χ3n) is 7.58. The summed E-state index contributed by atoms with van der Waals surface area (Å²) in [6, 6.07) is 28.5. The topological polar surface area (TPSA) is 134 Å². The Morgan fingerprint density at radius 1 is 0.898 bits per heavy atom. The van der Waals surface area contributed by atoms with Gasteiger partial charge in [0.1, 0.15) is 11.5 Å². The van der Waals surface area contributed by atoms with Gasteiger partial charge in [-0.05, 0) is 97.6 Å². The Morgan fingerprint density at radius 3 is 2.06 bits per heavy atom. The summed E-state index contributed by atoms with van der Waals surface area (Å²) in [6.07, 6.45) is 4.26. The SMILES string of the molecule is C=C(/C=C(/C=C1\Oc2ccc(C(=O)Nc3ccccc3)cc2N1CCCS(=O)(=O)O)CC)Oc1ccc(C(=O)Nc2ccccc2)cc1C. The highest BCUT2D eigenvalue weighted by Gasteiger charge is 2.28. The molecular weight excluding hydrogens is 642 g/mol. The molecule has 0 saturated heterocycles. The molecule has 0 bridgehead atoms. The molecule has 3 N–H and O–H groups in total. The van der Waals surface area contributed by atoms with Crippen LogP contribution >= 0.6 is 0 Å². The molecule has 252 valence electrons. The van der Waals surface area contributed by atoms with Crippen LogP contribution in [-0.2, 0) is 10.1 Å². The largest absolute Gasteiger partial charge is 0.458 e. The van der Waals surface area contributed by atoms with Gasteiger partial charge in [0.05, 0.1) is 11.4 Å². The lowest BCUT2D eigenvalue weighted by Gasteiger charge is -2.19. The third-order valence-corrected chi connectivity index (χ3v) is 8.39. The summed E-state index contributed by atoms with van der Waals surface area (Å²) >= 11 is 0. The van der Waals surface area contributed by atoms with Gasteiger partial charge in [0.25, 0.3) is 21.9 Å². The molecule has 11 heteroatoms. The van der Waals surface area contributed by atoms with E-state index in [0.717, 1.165) is 11.1 Å². The van der Waals surface area contributed by atoms with Gasteiger partial charge in [0.15, 0.2) is 5.75 Å². The van der Waals surface area contributed by atoms with Crippen LogP contribution in [0.5, 0.6) is 11.5 Å². The molecule has 0 aliphatic carbocycles. The number of carbonyl (C=O) groups excluding carboxylic acids is 2. The van der Waals surface area contributed by atoms with E-state index in [1.165, 1.54) is 0 Å². The van der Waals surface area contributed by atoms with Gasteiger partial charge >= 0.3 is 0 Å². The van der Waals surface area contributed by atoms with Crippen LogP contribution in [-0.4, -0.2) is 37.1 Å². The predicted octanol–water partition coefficient (Wildman–Crippen LogP) is 7.75. The Bertz CT molecular complexity index is 2030. The molecule has 0 saturated carbocycles. The number of rotatable bonds is 13. The van der Waals surface area contributed by atoms with Gasteiger partial charge in [-0.25, -0.2) is 0 Å². The third kappa shape index (κ3) is 9.47. The standard InChI is InChI=1S/C38H37N3O7S/c1-4-28(23-27(3)47-34-18-16-29(22-26(34)2)37(42)39-31-12-7-5-8-13-31)24-36-41(20-11-21-49(44,45)46)33-25-30(17-19-35(33)48-36)38(43)40-32-14-9-6-10-15-32/h5-10,12-19,22-25H,3-4,11,20-21H2,1-2H3,(H,39,42)(H,40,43)(H,44,45,46)/b28-23+,36-24-. The summed E-state index contributed by atoms with van der Waals surface area (Å²) in [6.45, 7) is 8.06. The highest BCUT2D eigenvalue weighted by atomic mass is 32.2. The van der Waals surface area contributed by atoms with Crippen molar-refractivity contribution in [3.63, 3.8) is 0 Å². The first-order valence-corrected chi connectivity index (χ1v) is 17.3. The summed E-state index contributed by atoms with van der Waals surface area (Å²) in [7, 11) is -4.18. The Kier molecular flexibility index (Phi) is 11.0. The Balaban J connectivity index is 1.33. The van der Waals surface area contributed by atoms with Gasteiger partial charge in [-0.15, -0.1) is 0 Å². The molecule has 4 aromatic rings. The van der Waals surface area contributed by atoms with E-state index < -0.39 is 15.9 Å². The zero-order chi connectivity index (χ0) is 35.0. The number of anilines is 3. The summed E-state index contributed by atoms with van der Waals surface area (Å²) in [5.74, 6) is 0.816. The van der Waals surface area contributed by atoms with E-state index in [-0.39, 0.29) is 24.8 Å². The molecule has 5 rings (SSSR count). The molecule has 0 aromatic heterocycles. The van der Waals surface area contributed by atoms with E-state index in [1.54, 1.807) is 65.6 Å². The van der Waals surface area contributed by atoms with Crippen LogP contribution in [0.1, 0.15) is 46.0 Å². The second kappa shape index (κ2) is 15.5. The number of hydrogen-bond acceptors (Lipinski definition) is 7. The van der Waals surface area contributed by atoms with Crippen molar-refractivity contribution < 1.29 is 32.0 Å². The van der Waals surface area contributed by atoms with Crippen molar-refractivity contribution in [3.8, 4) is 11.5 Å². The van der Waals surface area contributed by atoms with Crippen LogP contribution in [0.4, 0.5) is 17.1 Å². The number of hydrogen-bond donors (Lipinski definition) is 3. The van der Waals surface area contributed by atoms with Crippen molar-refractivity contribution in [2.24, 2.45) is 0 Å². The fraction of sp³-hybridized carbons (Fsp3) is 0.158. The molecule has 0 fully saturated rings. The number of allylic oxidation sites excluding steroid dienone is 3. The van der Waals surface area contributed by atoms with Gasteiger partial charge < -0.3 is 25.0 Å². The molecule has 49 heavy (non-hydrogen) atoms. The predicted molar refractivity (Wildman–Crippen MR) is 192 cm³/mol. The summed E-state index contributed by atoms with van der Waals surface area (Å²) in [5.41, 5.74) is 4.35. The van der Waals surface area contributed by atoms with E-state index in [2.05, 4.69) is 17.2 Å². The quantitative estimate of drug-likeness (QED) is 0.0742. The lowest BCUT2D eigenvalue weighted by molar-refractivity contribution is 0.101. The minimum absolute atomic E-state index is 0.110. The molecule has 0 radical (unpaired) electrons. The Morgan fingerprint density at radius 2 is 1.49 bits per heavy atom. The molecule has 10 nitrogen and oxygen atoms in total. The number of nitrogens with zero attached hydrogens (tertiary/aromatic N) is 1. The number of carbonyl (C=O) groups is 2. The number of amides is 2. The van der Waals surface area contributed by atoms with E-state index in [4.69, 9.17) is 9.47 Å². The highest BCUT2D eigenvalue weighted by molar-refractivity contribution is 7.85. The van der Waals surface area contributed by atoms with Gasteiger partial charge in [0, 0.05) is 35.1 Å². The van der Waals surface area contributed by atoms with Crippen LogP contribution < -0.4 is 25.0 Å². The Hall–Kier alpha value is -5.65. The average Bonchev–Trinajstić information content (AvgIpc) is 3.41. The van der Waals surface area contributed by atoms with Gasteiger partial charge in [-0.3, -0.25) is 14.1 Å². The van der Waals surface area contributed by atoms with Crippen LogP contribution in [0.2, 0.25) is 0 Å². The number of para-hydroxylation sites is 2. The van der Waals surface area contributed by atoms with Crippen molar-refractivity contribution >= 4 is 39.0 Å². The lowest BCUT2D eigenvalue weighted by atomic mass is 10.1. The molecule has 0 unspecified atom stereocenters. The molecule has 1 aliphatic heterocycles. The Labute approximate surface area is 286 Å². The van der Waals surface area contributed by atoms with Crippen molar-refractivity contribution in [2.45, 2.75) is 26.7 Å². The molecule has 0 atom stereocenters. The zero-order valence-electron chi connectivity index (χ0n) is 27.2. The van der Waals surface area contributed by atoms with E-state index >= 15 is 0 Å². The number of benzene rings is 4. The number of nitrogens with one attached hydrogen (secondary N) is 2. The van der Waals surface area contributed by atoms with Gasteiger partial charge in [0.2, 0.25) is 5.88 Å². The van der Waals surface area contributed by atoms with Crippen LogP contribution in [0.15, 0.2) is 133 Å². The first-order chi connectivity index (χ1) is 23.5. The van der Waals surface area contributed by atoms with E-state index in [1.807, 2.05) is 62.4 Å². The minimum Gasteiger partial charge on any atom is -0.458 e. The van der Waals surface area contributed by atoms with Crippen LogP contribution in [0.25, 0.3) is 0 Å². The van der Waals surface area contributed by atoms with Gasteiger partial charge in [-0.1, -0.05) is 49.9 Å². The second-order valence-corrected chi connectivity index (χ2v) is 12.9. The minimum atomic E-state index is -4.18. The number of fused-ring (bicyclic) bond motifs is 1. The first kappa shape index (κ1) is 34.7. The van der Waals surface area contributed by atoms with Crippen molar-refractivity contribution in [2.75, 3.05) is 27.8 Å². The average molecular weight is 680 g/mol. The normalized spacial score (nSPS) is 13.4. The lowest BCUT2D eigenvalue weighted by Crippen LogP contribution is -2.24. The second-order valence-electron chi connectivity index (χ2n) is 11.3. The summed E-state index contributed by atoms with van der Waals surface area (Å²) < 4.78 is 44.5. The maximum absolute atomic E-state index is 13.0. The monoisotopic (exact) mass is 679 g/mol. The highest BCUT2D eigenvalue weighted by Crippen LogP contribution is 2.40. The van der Waals surface area contributed by atoms with Gasteiger partial charge in [-0.2, -0.15) is 8.42 Å². The number of aryl methyl sites for hydroxylation is 1. The van der Waals surface area contributed by atoms with E-state index in [0.29, 0.717) is 57.8 Å². The summed E-state index contributed by atoms with van der Waals surface area (Å²) in [5, 5.41) is 5.74. The molecule has 1 aliphatic rings. The van der Waals surface area contributed by atoms with Crippen molar-refractivity contribution in [1.82, 2.24) is 0 Å². The fourth-order valence-electron chi connectivity index (χ4n) is 5.12. The molecule has 2 amide bonds. The molecule has 1 heterocycles. The smallest absolute Gasteiger partial charge is 0.264 e. The van der Waals surface area contributed by atoms with Crippen molar-refractivity contribution in [3.05, 3.63) is 150 Å². The molecular formula is C38H37N3O7S. The van der Waals surface area contributed by atoms with Crippen LogP contribution in [0.3, 0.4) is 0 Å². The number of ether oxygens (including phenoxy) is 2. The van der Waals surface area contributed by atoms with Crippen molar-refractivity contribution in [1.29, 1.82) is 0 Å². The fourth-order valence-corrected chi connectivity index (χ4v) is 5.62. The first-order valence-electron chi connectivity index (χ1n) is 15.7. The maximum atomic E-state index is 13.0. The zero-order valence-corrected chi connectivity index (χ0v) is 28.0. The summed E-state index contributed by atoms with van der Waals surface area (Å²) in [4.78, 5) is 27.6. The van der Waals surface area contributed by atoms with Crippen LogP contribution in [0, 0.1) is 6.92 Å². The molecule has 0 spiro atoms. The van der Waals surface area contributed by atoms with E-state index in [9.17, 15) is 22.6 Å². The molecule has 4 aromatic carbocycles.